The molecule has 0 saturated carbocycles. The second-order valence-electron chi connectivity index (χ2n) is 5.73. The molecule has 0 radical (unpaired) electrons. The largest absolute Gasteiger partial charge is 0.478 e. The van der Waals surface area contributed by atoms with E-state index in [0.29, 0.717) is 12.5 Å². The first-order valence-electron chi connectivity index (χ1n) is 7.33. The third kappa shape index (κ3) is 5.33. The second-order valence-corrected chi connectivity index (χ2v) is 5.73. The van der Waals surface area contributed by atoms with Crippen molar-refractivity contribution >= 4 is 11.9 Å². The smallest absolute Gasteiger partial charge is 0.331 e. The number of nitrogens with one attached hydrogen (secondary N) is 1. The van der Waals surface area contributed by atoms with Gasteiger partial charge < -0.3 is 15.3 Å². The average Bonchev–Trinajstić information content (AvgIpc) is 2.44. The topological polar surface area (TPSA) is 69.6 Å². The highest BCUT2D eigenvalue weighted by Gasteiger charge is 2.16. The summed E-state index contributed by atoms with van der Waals surface area (Å²) in [6.45, 7) is 8.98. The van der Waals surface area contributed by atoms with Gasteiger partial charge in [0.25, 0.3) is 0 Å². The summed E-state index contributed by atoms with van der Waals surface area (Å²) in [5, 5.41) is 11.7. The van der Waals surface area contributed by atoms with Crippen LogP contribution in [0.1, 0.15) is 40.0 Å². The number of aliphatic carboxylic acids is 1. The molecule has 114 valence electrons. The first kappa shape index (κ1) is 16.7. The lowest BCUT2D eigenvalue weighted by Crippen LogP contribution is -2.38. The number of carboxylic acid groups (broad SMARTS) is 1. The number of amides is 1. The summed E-state index contributed by atoms with van der Waals surface area (Å²) in [5.41, 5.74) is 0.383. The van der Waals surface area contributed by atoms with Crippen molar-refractivity contribution in [3.8, 4) is 0 Å². The fraction of sp³-hybridized carbons (Fsp3) is 0.733. The molecule has 1 heterocycles. The van der Waals surface area contributed by atoms with Crippen LogP contribution in [0.5, 0.6) is 0 Å². The molecule has 5 heteroatoms. The number of hydrogen-bond donors (Lipinski definition) is 2. The SMILES string of the molecule is CC(C(=O)O)=C(C)C(=O)NCC(C)CN1CCCCC1. The monoisotopic (exact) mass is 282 g/mol. The van der Waals surface area contributed by atoms with Crippen molar-refractivity contribution in [2.75, 3.05) is 26.2 Å². The standard InChI is InChI=1S/C15H26N2O3/c1-11(10-17-7-5-4-6-8-17)9-16-14(18)12(2)13(3)15(19)20/h11H,4-10H2,1-3H3,(H,16,18)(H,19,20). The number of carboxylic acids is 1. The third-order valence-corrected chi connectivity index (χ3v) is 3.85. The van der Waals surface area contributed by atoms with Gasteiger partial charge in [-0.3, -0.25) is 4.79 Å². The molecule has 0 aromatic heterocycles. The molecular weight excluding hydrogens is 256 g/mol. The van der Waals surface area contributed by atoms with Crippen molar-refractivity contribution in [1.82, 2.24) is 10.2 Å². The molecule has 0 spiro atoms. The van der Waals surface area contributed by atoms with Gasteiger partial charge in [0, 0.05) is 24.2 Å². The lowest BCUT2D eigenvalue weighted by Gasteiger charge is -2.29. The number of carbonyl (C=O) groups excluding carboxylic acids is 1. The van der Waals surface area contributed by atoms with Crippen LogP contribution < -0.4 is 5.32 Å². The molecular formula is C15H26N2O3. The Morgan fingerprint density at radius 3 is 2.30 bits per heavy atom. The van der Waals surface area contributed by atoms with Crippen LogP contribution in [0.15, 0.2) is 11.1 Å². The summed E-state index contributed by atoms with van der Waals surface area (Å²) in [7, 11) is 0. The zero-order valence-corrected chi connectivity index (χ0v) is 12.7. The highest BCUT2D eigenvalue weighted by molar-refractivity contribution is 6.01. The summed E-state index contributed by atoms with van der Waals surface area (Å²) >= 11 is 0. The van der Waals surface area contributed by atoms with E-state index < -0.39 is 5.97 Å². The highest BCUT2D eigenvalue weighted by atomic mass is 16.4. The summed E-state index contributed by atoms with van der Waals surface area (Å²) in [5.74, 6) is -0.954. The Kier molecular flexibility index (Phi) is 6.71. The van der Waals surface area contributed by atoms with Crippen LogP contribution in [0.4, 0.5) is 0 Å². The number of likely N-dealkylation sites (tertiary alicyclic amines) is 1. The van der Waals surface area contributed by atoms with Crippen molar-refractivity contribution in [2.24, 2.45) is 5.92 Å². The molecule has 20 heavy (non-hydrogen) atoms. The molecule has 5 nitrogen and oxygen atoms in total. The molecule has 0 aromatic carbocycles. The minimum Gasteiger partial charge on any atom is -0.478 e. The number of hydrogen-bond acceptors (Lipinski definition) is 3. The van der Waals surface area contributed by atoms with Gasteiger partial charge in [-0.25, -0.2) is 4.79 Å². The molecule has 1 atom stereocenters. The summed E-state index contributed by atoms with van der Waals surface area (Å²) in [6.07, 6.45) is 3.84. The maximum atomic E-state index is 11.8. The Balaban J connectivity index is 2.36. The summed E-state index contributed by atoms with van der Waals surface area (Å²) in [4.78, 5) is 25.1. The Bertz CT molecular complexity index is 385. The van der Waals surface area contributed by atoms with Crippen LogP contribution in [-0.2, 0) is 9.59 Å². The van der Waals surface area contributed by atoms with E-state index in [4.69, 9.17) is 5.11 Å². The Morgan fingerprint density at radius 2 is 1.75 bits per heavy atom. The van der Waals surface area contributed by atoms with Gasteiger partial charge in [0.15, 0.2) is 0 Å². The molecule has 0 bridgehead atoms. The molecule has 1 saturated heterocycles. The van der Waals surface area contributed by atoms with Crippen molar-refractivity contribution in [1.29, 1.82) is 0 Å². The zero-order valence-electron chi connectivity index (χ0n) is 12.7. The van der Waals surface area contributed by atoms with Gasteiger partial charge in [0.1, 0.15) is 0 Å². The van der Waals surface area contributed by atoms with E-state index in [1.807, 2.05) is 0 Å². The Labute approximate surface area is 121 Å². The zero-order chi connectivity index (χ0) is 15.1. The van der Waals surface area contributed by atoms with E-state index in [-0.39, 0.29) is 17.1 Å². The minimum atomic E-state index is -1.04. The molecule has 1 rings (SSSR count). The molecule has 1 unspecified atom stereocenters. The van der Waals surface area contributed by atoms with E-state index in [9.17, 15) is 9.59 Å². The predicted molar refractivity (Wildman–Crippen MR) is 78.5 cm³/mol. The average molecular weight is 282 g/mol. The lowest BCUT2D eigenvalue weighted by molar-refractivity contribution is -0.133. The van der Waals surface area contributed by atoms with Gasteiger partial charge in [-0.05, 0) is 45.7 Å². The fourth-order valence-corrected chi connectivity index (χ4v) is 2.38. The lowest BCUT2D eigenvalue weighted by atomic mass is 10.1. The van der Waals surface area contributed by atoms with Gasteiger partial charge in [-0.15, -0.1) is 0 Å². The molecule has 0 aromatic rings. The van der Waals surface area contributed by atoms with E-state index in [1.165, 1.54) is 26.2 Å². The van der Waals surface area contributed by atoms with Crippen LogP contribution in [0.25, 0.3) is 0 Å². The van der Waals surface area contributed by atoms with Gasteiger partial charge in [0.05, 0.1) is 0 Å². The number of nitrogens with zero attached hydrogens (tertiary/aromatic N) is 1. The Hall–Kier alpha value is -1.36. The van der Waals surface area contributed by atoms with Crippen molar-refractivity contribution in [3.63, 3.8) is 0 Å². The maximum absolute atomic E-state index is 11.8. The fourth-order valence-electron chi connectivity index (χ4n) is 2.38. The molecule has 1 aliphatic rings. The summed E-state index contributed by atoms with van der Waals surface area (Å²) < 4.78 is 0. The minimum absolute atomic E-state index is 0.103. The number of piperidine rings is 1. The van der Waals surface area contributed by atoms with Crippen LogP contribution >= 0.6 is 0 Å². The van der Waals surface area contributed by atoms with Gasteiger partial charge in [-0.2, -0.15) is 0 Å². The van der Waals surface area contributed by atoms with Crippen molar-refractivity contribution in [3.05, 3.63) is 11.1 Å². The quantitative estimate of drug-likeness (QED) is 0.727. The molecule has 2 N–H and O–H groups in total. The van der Waals surface area contributed by atoms with E-state index in [2.05, 4.69) is 17.1 Å². The molecule has 1 fully saturated rings. The van der Waals surface area contributed by atoms with Gasteiger partial charge in [-0.1, -0.05) is 13.3 Å². The maximum Gasteiger partial charge on any atom is 0.331 e. The first-order valence-corrected chi connectivity index (χ1v) is 7.33. The second kappa shape index (κ2) is 8.04. The van der Waals surface area contributed by atoms with Gasteiger partial charge in [0.2, 0.25) is 5.91 Å². The molecule has 1 aliphatic heterocycles. The van der Waals surface area contributed by atoms with Crippen molar-refractivity contribution in [2.45, 2.75) is 40.0 Å². The van der Waals surface area contributed by atoms with E-state index in [0.717, 1.165) is 19.6 Å². The normalized spacial score (nSPS) is 19.1. The van der Waals surface area contributed by atoms with Crippen molar-refractivity contribution < 1.29 is 14.7 Å². The van der Waals surface area contributed by atoms with Crippen LogP contribution in [0, 0.1) is 5.92 Å². The predicted octanol–water partition coefficient (Wildman–Crippen LogP) is 1.65. The van der Waals surface area contributed by atoms with E-state index in [1.54, 1.807) is 6.92 Å². The van der Waals surface area contributed by atoms with Crippen LogP contribution in [0.3, 0.4) is 0 Å². The number of rotatable bonds is 6. The highest BCUT2D eigenvalue weighted by Crippen LogP contribution is 2.11. The van der Waals surface area contributed by atoms with Crippen LogP contribution in [0.2, 0.25) is 0 Å². The molecule has 1 amide bonds. The third-order valence-electron chi connectivity index (χ3n) is 3.85. The molecule has 0 aliphatic carbocycles. The Morgan fingerprint density at radius 1 is 1.15 bits per heavy atom. The summed E-state index contributed by atoms with van der Waals surface area (Å²) in [6, 6.07) is 0. The van der Waals surface area contributed by atoms with Crippen LogP contribution in [-0.4, -0.2) is 48.1 Å². The van der Waals surface area contributed by atoms with E-state index >= 15 is 0 Å². The first-order chi connectivity index (χ1) is 9.41. The van der Waals surface area contributed by atoms with Gasteiger partial charge >= 0.3 is 5.97 Å². The number of carbonyl (C=O) groups is 2.